The monoisotopic (exact) mass is 218 g/mol. The number of carbonyl (C=O) groups is 1. The van der Waals surface area contributed by atoms with Gasteiger partial charge in [0.05, 0.1) is 14.2 Å². The van der Waals surface area contributed by atoms with Crippen LogP contribution in [0, 0.1) is 0 Å². The van der Waals surface area contributed by atoms with Gasteiger partial charge in [0.15, 0.2) is 0 Å². The molecule has 1 aromatic carbocycles. The maximum Gasteiger partial charge on any atom is 0.373 e. The van der Waals surface area contributed by atoms with Crippen LogP contribution in [0.3, 0.4) is 0 Å². The molecular weight excluding hydrogens is 204 g/mol. The third-order valence-corrected chi connectivity index (χ3v) is 1.94. The van der Waals surface area contributed by atoms with Crippen molar-refractivity contribution in [3.8, 4) is 0 Å². The van der Waals surface area contributed by atoms with Crippen LogP contribution in [0.1, 0.15) is 5.56 Å². The normalized spacial score (nSPS) is 11.5. The van der Waals surface area contributed by atoms with Crippen LogP contribution >= 0.6 is 0 Å². The molecule has 84 valence electrons. The smallest absolute Gasteiger partial charge is 0.373 e. The Kier molecular flexibility index (Phi) is 4.86. The van der Waals surface area contributed by atoms with E-state index in [1.807, 2.05) is 36.4 Å². The van der Waals surface area contributed by atoms with Crippen molar-refractivity contribution in [3.05, 3.63) is 53.8 Å². The fourth-order valence-electron chi connectivity index (χ4n) is 1.13. The summed E-state index contributed by atoms with van der Waals surface area (Å²) in [4.78, 5) is 11.1. The van der Waals surface area contributed by atoms with Gasteiger partial charge >= 0.3 is 5.97 Å². The minimum absolute atomic E-state index is 0.176. The number of methoxy groups -OCH3 is 2. The fraction of sp³-hybridized carbons (Fsp3) is 0.154. The molecular formula is C13H14O3. The van der Waals surface area contributed by atoms with Gasteiger partial charge in [-0.1, -0.05) is 42.5 Å². The molecule has 16 heavy (non-hydrogen) atoms. The van der Waals surface area contributed by atoms with Crippen molar-refractivity contribution in [1.29, 1.82) is 0 Å². The number of esters is 1. The lowest BCUT2D eigenvalue weighted by Crippen LogP contribution is -2.05. The molecule has 0 amide bonds. The van der Waals surface area contributed by atoms with E-state index in [0.29, 0.717) is 0 Å². The van der Waals surface area contributed by atoms with Crippen LogP contribution in [0.25, 0.3) is 6.08 Å². The fourth-order valence-corrected chi connectivity index (χ4v) is 1.13. The second-order valence-electron chi connectivity index (χ2n) is 3.00. The summed E-state index contributed by atoms with van der Waals surface area (Å²) in [7, 11) is 2.75. The largest absolute Gasteiger partial charge is 0.490 e. The molecule has 0 aliphatic rings. The van der Waals surface area contributed by atoms with Gasteiger partial charge in [0, 0.05) is 0 Å². The quantitative estimate of drug-likeness (QED) is 0.337. The van der Waals surface area contributed by atoms with Crippen LogP contribution in [0.5, 0.6) is 0 Å². The Balaban J connectivity index is 2.71. The van der Waals surface area contributed by atoms with Gasteiger partial charge < -0.3 is 9.47 Å². The number of benzene rings is 1. The maximum atomic E-state index is 11.1. The summed E-state index contributed by atoms with van der Waals surface area (Å²) in [5, 5.41) is 0. The summed E-state index contributed by atoms with van der Waals surface area (Å²) in [6.45, 7) is 0. The molecule has 0 N–H and O–H groups in total. The van der Waals surface area contributed by atoms with E-state index in [0.717, 1.165) is 5.56 Å². The van der Waals surface area contributed by atoms with Crippen molar-refractivity contribution < 1.29 is 14.3 Å². The number of hydrogen-bond acceptors (Lipinski definition) is 3. The number of hydrogen-bond donors (Lipinski definition) is 0. The zero-order valence-electron chi connectivity index (χ0n) is 9.34. The molecule has 0 fully saturated rings. The molecule has 0 aromatic heterocycles. The van der Waals surface area contributed by atoms with Crippen LogP contribution < -0.4 is 0 Å². The van der Waals surface area contributed by atoms with Crippen LogP contribution in [0.15, 0.2) is 48.2 Å². The summed E-state index contributed by atoms with van der Waals surface area (Å²) >= 11 is 0. The second kappa shape index (κ2) is 6.45. The van der Waals surface area contributed by atoms with E-state index < -0.39 is 5.97 Å². The zero-order chi connectivity index (χ0) is 11.8. The lowest BCUT2D eigenvalue weighted by molar-refractivity contribution is -0.139. The molecule has 3 nitrogen and oxygen atoms in total. The van der Waals surface area contributed by atoms with Crippen molar-refractivity contribution in [2.75, 3.05) is 14.2 Å². The summed E-state index contributed by atoms with van der Waals surface area (Å²) in [5.74, 6) is -0.310. The Bertz CT molecular complexity index is 391. The van der Waals surface area contributed by atoms with Crippen LogP contribution in [0.4, 0.5) is 0 Å². The van der Waals surface area contributed by atoms with E-state index in [-0.39, 0.29) is 5.76 Å². The lowest BCUT2D eigenvalue weighted by Gasteiger charge is -2.01. The average Bonchev–Trinajstić information content (AvgIpc) is 2.35. The Morgan fingerprint density at radius 3 is 2.38 bits per heavy atom. The number of rotatable bonds is 4. The van der Waals surface area contributed by atoms with E-state index in [1.165, 1.54) is 14.2 Å². The highest BCUT2D eigenvalue weighted by Crippen LogP contribution is 2.03. The first-order valence-electron chi connectivity index (χ1n) is 4.83. The van der Waals surface area contributed by atoms with E-state index in [9.17, 15) is 4.79 Å². The topological polar surface area (TPSA) is 35.5 Å². The van der Waals surface area contributed by atoms with Gasteiger partial charge in [-0.3, -0.25) is 0 Å². The molecule has 0 bridgehead atoms. The standard InChI is InChI=1S/C13H14O3/c1-15-12(13(14)16-2)10-6-9-11-7-4-3-5-8-11/h3-10H,1-2H3/b9-6+,12-10-. The second-order valence-corrected chi connectivity index (χ2v) is 3.00. The molecule has 0 saturated carbocycles. The first-order chi connectivity index (χ1) is 7.77. The summed E-state index contributed by atoms with van der Waals surface area (Å²) in [6, 6.07) is 9.77. The molecule has 3 heteroatoms. The number of ether oxygens (including phenoxy) is 2. The SMILES string of the molecule is COC(=O)/C(=C/C=C/c1ccccc1)OC. The molecule has 0 atom stereocenters. The van der Waals surface area contributed by atoms with E-state index >= 15 is 0 Å². The molecule has 1 aromatic rings. The Hall–Kier alpha value is -2.03. The van der Waals surface area contributed by atoms with E-state index in [1.54, 1.807) is 12.2 Å². The van der Waals surface area contributed by atoms with Crippen molar-refractivity contribution in [3.63, 3.8) is 0 Å². The Labute approximate surface area is 95.0 Å². The number of allylic oxidation sites excluding steroid dienone is 2. The van der Waals surface area contributed by atoms with Gasteiger partial charge in [0.25, 0.3) is 0 Å². The number of carbonyl (C=O) groups excluding carboxylic acids is 1. The van der Waals surface area contributed by atoms with E-state index in [2.05, 4.69) is 4.74 Å². The third-order valence-electron chi connectivity index (χ3n) is 1.94. The van der Waals surface area contributed by atoms with Gasteiger partial charge in [0.2, 0.25) is 5.76 Å². The predicted molar refractivity (Wildman–Crippen MR) is 62.6 cm³/mol. The predicted octanol–water partition coefficient (Wildman–Crippen LogP) is 2.40. The summed E-state index contributed by atoms with van der Waals surface area (Å²) in [5.41, 5.74) is 1.05. The molecule has 0 aliphatic heterocycles. The van der Waals surface area contributed by atoms with Crippen LogP contribution in [0.2, 0.25) is 0 Å². The van der Waals surface area contributed by atoms with Gasteiger partial charge in [-0.15, -0.1) is 0 Å². The summed E-state index contributed by atoms with van der Waals surface area (Å²) < 4.78 is 9.42. The molecule has 0 unspecified atom stereocenters. The van der Waals surface area contributed by atoms with Gasteiger partial charge in [-0.05, 0) is 11.6 Å². The van der Waals surface area contributed by atoms with Crippen molar-refractivity contribution in [1.82, 2.24) is 0 Å². The third kappa shape index (κ3) is 3.61. The molecule has 1 rings (SSSR count). The van der Waals surface area contributed by atoms with Crippen molar-refractivity contribution >= 4 is 12.0 Å². The molecule has 0 aliphatic carbocycles. The highest BCUT2D eigenvalue weighted by molar-refractivity contribution is 5.86. The molecule has 0 radical (unpaired) electrons. The minimum atomic E-state index is -0.486. The van der Waals surface area contributed by atoms with Gasteiger partial charge in [0.1, 0.15) is 0 Å². The Morgan fingerprint density at radius 1 is 1.12 bits per heavy atom. The average molecular weight is 218 g/mol. The maximum absolute atomic E-state index is 11.1. The first kappa shape index (κ1) is 12.0. The van der Waals surface area contributed by atoms with Crippen LogP contribution in [-0.4, -0.2) is 20.2 Å². The lowest BCUT2D eigenvalue weighted by atomic mass is 10.2. The highest BCUT2D eigenvalue weighted by atomic mass is 16.6. The molecule has 0 saturated heterocycles. The molecule has 0 spiro atoms. The summed E-state index contributed by atoms with van der Waals surface area (Å²) in [6.07, 6.45) is 5.19. The zero-order valence-corrected chi connectivity index (χ0v) is 9.34. The van der Waals surface area contributed by atoms with Gasteiger partial charge in [-0.2, -0.15) is 0 Å². The molecule has 0 heterocycles. The van der Waals surface area contributed by atoms with Crippen molar-refractivity contribution in [2.45, 2.75) is 0 Å². The van der Waals surface area contributed by atoms with Gasteiger partial charge in [-0.25, -0.2) is 4.79 Å². The first-order valence-corrected chi connectivity index (χ1v) is 4.83. The van der Waals surface area contributed by atoms with Crippen LogP contribution in [-0.2, 0) is 14.3 Å². The highest BCUT2D eigenvalue weighted by Gasteiger charge is 2.06. The Morgan fingerprint density at radius 2 is 1.81 bits per heavy atom. The van der Waals surface area contributed by atoms with Crippen molar-refractivity contribution in [2.24, 2.45) is 0 Å². The van der Waals surface area contributed by atoms with E-state index in [4.69, 9.17) is 4.74 Å². The minimum Gasteiger partial charge on any atom is -0.490 e.